The van der Waals surface area contributed by atoms with Crippen LogP contribution in [0.3, 0.4) is 0 Å². The van der Waals surface area contributed by atoms with E-state index in [1.54, 1.807) is 0 Å². The van der Waals surface area contributed by atoms with Crippen molar-refractivity contribution in [2.45, 2.75) is 19.4 Å². The van der Waals surface area contributed by atoms with Crippen LogP contribution in [0.1, 0.15) is 18.4 Å². The summed E-state index contributed by atoms with van der Waals surface area (Å²) in [6.45, 7) is 1.29. The van der Waals surface area contributed by atoms with Gasteiger partial charge in [-0.25, -0.2) is 10.3 Å². The van der Waals surface area contributed by atoms with Gasteiger partial charge < -0.3 is 10.6 Å². The second-order valence-corrected chi connectivity index (χ2v) is 4.86. The lowest BCUT2D eigenvalue weighted by Crippen LogP contribution is -2.47. The number of likely N-dealkylation sites (tertiary alicyclic amines) is 1. The number of rotatable bonds is 4. The fourth-order valence-corrected chi connectivity index (χ4v) is 2.24. The molecule has 0 bridgehead atoms. The van der Waals surface area contributed by atoms with Crippen LogP contribution in [0.5, 0.6) is 0 Å². The van der Waals surface area contributed by atoms with Crippen molar-refractivity contribution >= 4 is 11.9 Å². The topological polar surface area (TPSA) is 84.7 Å². The summed E-state index contributed by atoms with van der Waals surface area (Å²) in [7, 11) is 0. The molecule has 1 aliphatic rings. The van der Waals surface area contributed by atoms with E-state index >= 15 is 0 Å². The molecule has 0 aromatic heterocycles. The number of hydrogen-bond acceptors (Lipinski definition) is 3. The number of nitrogens with one attached hydrogen (secondary N) is 1. The van der Waals surface area contributed by atoms with Crippen molar-refractivity contribution in [3.05, 3.63) is 35.9 Å². The number of benzene rings is 1. The number of nitrogens with two attached hydrogens (primary N) is 1. The highest BCUT2D eigenvalue weighted by molar-refractivity contribution is 5.79. The number of urea groups is 1. The fourth-order valence-electron chi connectivity index (χ4n) is 2.24. The molecule has 1 aromatic rings. The van der Waals surface area contributed by atoms with E-state index in [9.17, 15) is 9.59 Å². The third kappa shape index (κ3) is 3.96. The Hall–Kier alpha value is -2.08. The van der Waals surface area contributed by atoms with Crippen molar-refractivity contribution in [3.63, 3.8) is 0 Å². The SMILES string of the molecule is NC(=O)N1CCCC(C(=O)NOCc2ccccc2)C1. The molecule has 1 fully saturated rings. The quantitative estimate of drug-likeness (QED) is 0.806. The zero-order chi connectivity index (χ0) is 14.4. The van der Waals surface area contributed by atoms with E-state index in [0.717, 1.165) is 18.4 Å². The molecule has 1 aliphatic heterocycles. The van der Waals surface area contributed by atoms with Crippen LogP contribution in [0.15, 0.2) is 30.3 Å². The summed E-state index contributed by atoms with van der Waals surface area (Å²) in [5.74, 6) is -0.459. The summed E-state index contributed by atoms with van der Waals surface area (Å²) in [6.07, 6.45) is 1.52. The zero-order valence-corrected chi connectivity index (χ0v) is 11.2. The van der Waals surface area contributed by atoms with Gasteiger partial charge in [0.05, 0.1) is 12.5 Å². The number of carbonyl (C=O) groups is 2. The second kappa shape index (κ2) is 6.91. The summed E-state index contributed by atoms with van der Waals surface area (Å²) >= 11 is 0. The van der Waals surface area contributed by atoms with Crippen LogP contribution in [0.25, 0.3) is 0 Å². The molecule has 0 aliphatic carbocycles. The first-order chi connectivity index (χ1) is 9.66. The maximum atomic E-state index is 11.9. The first-order valence-corrected chi connectivity index (χ1v) is 6.67. The van der Waals surface area contributed by atoms with Gasteiger partial charge in [0.2, 0.25) is 5.91 Å². The van der Waals surface area contributed by atoms with Crippen molar-refractivity contribution in [2.24, 2.45) is 11.7 Å². The van der Waals surface area contributed by atoms with Crippen LogP contribution in [0.2, 0.25) is 0 Å². The Morgan fingerprint density at radius 3 is 2.80 bits per heavy atom. The molecule has 108 valence electrons. The predicted octanol–water partition coefficient (Wildman–Crippen LogP) is 1.03. The minimum atomic E-state index is -0.479. The molecule has 6 heteroatoms. The van der Waals surface area contributed by atoms with Gasteiger partial charge in [-0.05, 0) is 18.4 Å². The highest BCUT2D eigenvalue weighted by Crippen LogP contribution is 2.16. The fraction of sp³-hybridized carbons (Fsp3) is 0.429. The molecule has 20 heavy (non-hydrogen) atoms. The lowest BCUT2D eigenvalue weighted by molar-refractivity contribution is -0.140. The van der Waals surface area contributed by atoms with Crippen molar-refractivity contribution in [3.8, 4) is 0 Å². The highest BCUT2D eigenvalue weighted by Gasteiger charge is 2.27. The second-order valence-electron chi connectivity index (χ2n) is 4.86. The first kappa shape index (κ1) is 14.3. The summed E-state index contributed by atoms with van der Waals surface area (Å²) in [5.41, 5.74) is 8.65. The van der Waals surface area contributed by atoms with Crippen LogP contribution >= 0.6 is 0 Å². The van der Waals surface area contributed by atoms with Gasteiger partial charge in [-0.2, -0.15) is 0 Å². The molecule has 3 N–H and O–H groups in total. The van der Waals surface area contributed by atoms with E-state index in [2.05, 4.69) is 5.48 Å². The molecule has 1 heterocycles. The van der Waals surface area contributed by atoms with Crippen molar-refractivity contribution in [1.29, 1.82) is 0 Å². The normalized spacial score (nSPS) is 18.6. The minimum absolute atomic E-state index is 0.202. The Bertz CT molecular complexity index is 464. The average molecular weight is 277 g/mol. The van der Waals surface area contributed by atoms with Gasteiger partial charge >= 0.3 is 6.03 Å². The third-order valence-corrected chi connectivity index (χ3v) is 3.36. The lowest BCUT2D eigenvalue weighted by atomic mass is 9.98. The molecule has 2 rings (SSSR count). The van der Waals surface area contributed by atoms with E-state index in [1.807, 2.05) is 30.3 Å². The van der Waals surface area contributed by atoms with Crippen molar-refractivity contribution in [2.75, 3.05) is 13.1 Å². The summed E-state index contributed by atoms with van der Waals surface area (Å²) in [4.78, 5) is 29.7. The maximum absolute atomic E-state index is 11.9. The maximum Gasteiger partial charge on any atom is 0.314 e. The predicted molar refractivity (Wildman–Crippen MR) is 73.3 cm³/mol. The molecule has 1 saturated heterocycles. The molecule has 1 unspecified atom stereocenters. The Morgan fingerprint density at radius 2 is 2.10 bits per heavy atom. The molecule has 1 aromatic carbocycles. The zero-order valence-electron chi connectivity index (χ0n) is 11.2. The number of hydrogen-bond donors (Lipinski definition) is 2. The van der Waals surface area contributed by atoms with Crippen LogP contribution in [-0.4, -0.2) is 29.9 Å². The number of piperidine rings is 1. The van der Waals surface area contributed by atoms with E-state index in [1.165, 1.54) is 4.90 Å². The average Bonchev–Trinajstić information content (AvgIpc) is 2.48. The molecule has 1 atom stereocenters. The Balaban J connectivity index is 1.75. The highest BCUT2D eigenvalue weighted by atomic mass is 16.6. The van der Waals surface area contributed by atoms with Gasteiger partial charge in [0, 0.05) is 13.1 Å². The first-order valence-electron chi connectivity index (χ1n) is 6.67. The van der Waals surface area contributed by atoms with E-state index in [-0.39, 0.29) is 11.8 Å². The molecule has 0 spiro atoms. The number of amides is 3. The molecule has 0 radical (unpaired) electrons. The van der Waals surface area contributed by atoms with Gasteiger partial charge in [-0.15, -0.1) is 0 Å². The van der Waals surface area contributed by atoms with Crippen molar-refractivity contribution < 1.29 is 14.4 Å². The Morgan fingerprint density at radius 1 is 1.35 bits per heavy atom. The molecule has 6 nitrogen and oxygen atoms in total. The molecular formula is C14H19N3O3. The van der Waals surface area contributed by atoms with Crippen molar-refractivity contribution in [1.82, 2.24) is 10.4 Å². The van der Waals surface area contributed by atoms with E-state index in [4.69, 9.17) is 10.6 Å². The van der Waals surface area contributed by atoms with Gasteiger partial charge in [0.25, 0.3) is 0 Å². The molecule has 3 amide bonds. The summed E-state index contributed by atoms with van der Waals surface area (Å²) < 4.78 is 0. The third-order valence-electron chi connectivity index (χ3n) is 3.36. The summed E-state index contributed by atoms with van der Waals surface area (Å²) in [6, 6.07) is 9.09. The smallest absolute Gasteiger partial charge is 0.314 e. The van der Waals surface area contributed by atoms with Gasteiger partial charge in [-0.3, -0.25) is 9.63 Å². The number of primary amides is 1. The molecular weight excluding hydrogens is 258 g/mol. The van der Waals surface area contributed by atoms with Crippen LogP contribution in [-0.2, 0) is 16.2 Å². The van der Waals surface area contributed by atoms with E-state index in [0.29, 0.717) is 19.7 Å². The van der Waals surface area contributed by atoms with E-state index < -0.39 is 6.03 Å². The van der Waals surface area contributed by atoms with Gasteiger partial charge in [-0.1, -0.05) is 30.3 Å². The summed E-state index contributed by atoms with van der Waals surface area (Å²) in [5, 5.41) is 0. The van der Waals surface area contributed by atoms with Crippen LogP contribution in [0.4, 0.5) is 4.79 Å². The Labute approximate surface area is 117 Å². The number of carbonyl (C=O) groups excluding carboxylic acids is 2. The number of nitrogens with zero attached hydrogens (tertiary/aromatic N) is 1. The van der Waals surface area contributed by atoms with Crippen LogP contribution in [0, 0.1) is 5.92 Å². The minimum Gasteiger partial charge on any atom is -0.351 e. The van der Waals surface area contributed by atoms with Crippen LogP contribution < -0.4 is 11.2 Å². The lowest BCUT2D eigenvalue weighted by Gasteiger charge is -2.30. The van der Waals surface area contributed by atoms with Gasteiger partial charge in [0.1, 0.15) is 0 Å². The number of hydroxylamine groups is 1. The molecule has 0 saturated carbocycles. The Kier molecular flexibility index (Phi) is 4.95. The van der Waals surface area contributed by atoms with Gasteiger partial charge in [0.15, 0.2) is 0 Å². The monoisotopic (exact) mass is 277 g/mol. The largest absolute Gasteiger partial charge is 0.351 e. The standard InChI is InChI=1S/C14H19N3O3/c15-14(19)17-8-4-7-12(9-17)13(18)16-20-10-11-5-2-1-3-6-11/h1-3,5-6,12H,4,7-10H2,(H2,15,19)(H,16,18).